The van der Waals surface area contributed by atoms with E-state index in [1.54, 1.807) is 12.1 Å². The molecule has 0 aliphatic carbocycles. The largest absolute Gasteiger partial charge is 0.627 e. The maximum atomic E-state index is 12.6. The first-order chi connectivity index (χ1) is 9.24. The van der Waals surface area contributed by atoms with Crippen LogP contribution < -0.4 is 5.06 Å². The predicted molar refractivity (Wildman–Crippen MR) is 81.3 cm³/mol. The van der Waals surface area contributed by atoms with Crippen molar-refractivity contribution in [3.63, 3.8) is 0 Å². The van der Waals surface area contributed by atoms with Crippen molar-refractivity contribution in [2.75, 3.05) is 0 Å². The Morgan fingerprint density at radius 1 is 1.10 bits per heavy atom. The van der Waals surface area contributed by atoms with Crippen LogP contribution in [0.4, 0.5) is 0 Å². The van der Waals surface area contributed by atoms with Crippen LogP contribution in [0.2, 0.25) is 0 Å². The predicted octanol–water partition coefficient (Wildman–Crippen LogP) is 1.35. The van der Waals surface area contributed by atoms with Gasteiger partial charge in [0.25, 0.3) is 0 Å². The topological polar surface area (TPSA) is 39.9 Å². The molecule has 0 fully saturated rings. The van der Waals surface area contributed by atoms with E-state index in [2.05, 4.69) is 16.8 Å². The number of benzene rings is 1. The lowest BCUT2D eigenvalue weighted by Crippen LogP contribution is -3.17. The van der Waals surface area contributed by atoms with Gasteiger partial charge in [-0.2, -0.15) is 0 Å². The first-order valence-electron chi connectivity index (χ1n) is 6.47. The summed E-state index contributed by atoms with van der Waals surface area (Å²) in [6.45, 7) is 7.78. The molecule has 3 heteroatoms. The van der Waals surface area contributed by atoms with Gasteiger partial charge in [0.05, 0.1) is 5.56 Å². The Morgan fingerprint density at radius 3 is 2.15 bits per heavy atom. The minimum Gasteiger partial charge on any atom is -0.627 e. The molecule has 0 spiro atoms. The number of quaternary nitrogens is 1. The first kappa shape index (κ1) is 14.3. The molecule has 102 valence electrons. The average molecular weight is 266 g/mol. The number of nitrogens with one attached hydrogen (secondary N) is 1. The van der Waals surface area contributed by atoms with Crippen LogP contribution in [-0.4, -0.2) is 16.9 Å². The van der Waals surface area contributed by atoms with E-state index >= 15 is 0 Å². The minimum atomic E-state index is -0.524. The molecule has 0 radical (unpaired) electrons. The normalized spacial score (nSPS) is 22.8. The summed E-state index contributed by atoms with van der Waals surface area (Å²) in [6.07, 6.45) is 10.9. The molecular formula is C17H18N2O. The van der Waals surface area contributed by atoms with E-state index in [0.717, 1.165) is 5.56 Å². The molecule has 0 bridgehead atoms. The van der Waals surface area contributed by atoms with Crippen LogP contribution in [0.3, 0.4) is 0 Å². The Balaban J connectivity index is 2.55. The zero-order chi connectivity index (χ0) is 15.1. The Kier molecular flexibility index (Phi) is 3.22. The number of terminal acetylenes is 2. The van der Waals surface area contributed by atoms with Gasteiger partial charge >= 0.3 is 0 Å². The van der Waals surface area contributed by atoms with E-state index in [1.165, 1.54) is 0 Å². The van der Waals surface area contributed by atoms with Crippen molar-refractivity contribution in [3.8, 4) is 24.7 Å². The molecule has 0 saturated heterocycles. The van der Waals surface area contributed by atoms with Gasteiger partial charge in [0.2, 0.25) is 5.84 Å². The number of amidine groups is 1. The summed E-state index contributed by atoms with van der Waals surface area (Å²) in [5, 5.41) is 12.6. The van der Waals surface area contributed by atoms with Gasteiger partial charge in [0.15, 0.2) is 0 Å². The fourth-order valence-electron chi connectivity index (χ4n) is 2.18. The average Bonchev–Trinajstić information content (AvgIpc) is 2.58. The maximum Gasteiger partial charge on any atom is 0.229 e. The molecule has 1 aliphatic heterocycles. The number of nitrogens with zero attached hydrogens (tertiary/aromatic N) is 1. The highest BCUT2D eigenvalue weighted by molar-refractivity contribution is 5.94. The summed E-state index contributed by atoms with van der Waals surface area (Å²) < 4.78 is 0. The highest BCUT2D eigenvalue weighted by Gasteiger charge is 2.50. The fourth-order valence-corrected chi connectivity index (χ4v) is 2.18. The van der Waals surface area contributed by atoms with Gasteiger partial charge in [-0.25, -0.2) is 4.99 Å². The standard InChI is InChI=1S/C17H18N2O/c1-7-12-9-10-14(11-13(12)8-2)15-18-16(3,4)17(5,6)19(15)20/h1-2,9-11,19H,3-6H3. The van der Waals surface area contributed by atoms with Crippen molar-refractivity contribution in [3.05, 3.63) is 40.1 Å². The van der Waals surface area contributed by atoms with Gasteiger partial charge in [-0.05, 0) is 45.9 Å². The third kappa shape index (κ3) is 1.93. The van der Waals surface area contributed by atoms with E-state index in [4.69, 9.17) is 12.8 Å². The van der Waals surface area contributed by atoms with Crippen molar-refractivity contribution >= 4 is 5.84 Å². The quantitative estimate of drug-likeness (QED) is 0.605. The second kappa shape index (κ2) is 4.49. The molecule has 1 N–H and O–H groups in total. The maximum absolute atomic E-state index is 12.6. The van der Waals surface area contributed by atoms with Gasteiger partial charge < -0.3 is 10.3 Å². The summed E-state index contributed by atoms with van der Waals surface area (Å²) in [6, 6.07) is 5.34. The lowest BCUT2D eigenvalue weighted by molar-refractivity contribution is -0.805. The second-order valence-corrected chi connectivity index (χ2v) is 6.02. The zero-order valence-corrected chi connectivity index (χ0v) is 12.2. The van der Waals surface area contributed by atoms with Crippen molar-refractivity contribution in [1.82, 2.24) is 0 Å². The molecule has 2 rings (SSSR count). The van der Waals surface area contributed by atoms with Crippen LogP contribution in [-0.2, 0) is 0 Å². The Hall–Kier alpha value is -2.07. The number of hydroxylamine groups is 2. The number of rotatable bonds is 1. The van der Waals surface area contributed by atoms with Crippen LogP contribution in [0.1, 0.15) is 44.4 Å². The second-order valence-electron chi connectivity index (χ2n) is 6.02. The molecule has 3 nitrogen and oxygen atoms in total. The van der Waals surface area contributed by atoms with E-state index in [9.17, 15) is 5.21 Å². The molecule has 0 amide bonds. The minimum absolute atomic E-state index is 0.0407. The molecule has 0 saturated carbocycles. The molecule has 1 heterocycles. The summed E-state index contributed by atoms with van der Waals surface area (Å²) in [7, 11) is 0. The van der Waals surface area contributed by atoms with Crippen molar-refractivity contribution in [2.24, 2.45) is 4.99 Å². The summed E-state index contributed by atoms with van der Waals surface area (Å²) >= 11 is 0. The third-order valence-corrected chi connectivity index (χ3v) is 4.31. The molecule has 20 heavy (non-hydrogen) atoms. The van der Waals surface area contributed by atoms with Crippen LogP contribution >= 0.6 is 0 Å². The van der Waals surface area contributed by atoms with Gasteiger partial charge in [-0.1, -0.05) is 11.8 Å². The van der Waals surface area contributed by atoms with Crippen molar-refractivity contribution in [1.29, 1.82) is 0 Å². The molecular weight excluding hydrogens is 248 g/mol. The Bertz CT molecular complexity index is 669. The van der Waals surface area contributed by atoms with E-state index in [0.29, 0.717) is 17.0 Å². The molecule has 1 unspecified atom stereocenters. The molecule has 1 aliphatic rings. The number of hydrogen-bond donors (Lipinski definition) is 1. The van der Waals surface area contributed by atoms with E-state index in [1.807, 2.05) is 33.8 Å². The number of aliphatic imine (C=N–C) groups is 1. The van der Waals surface area contributed by atoms with Crippen LogP contribution in [0.25, 0.3) is 0 Å². The van der Waals surface area contributed by atoms with Crippen LogP contribution in [0.5, 0.6) is 0 Å². The van der Waals surface area contributed by atoms with E-state index in [-0.39, 0.29) is 5.06 Å². The van der Waals surface area contributed by atoms with Gasteiger partial charge in [-0.3, -0.25) is 0 Å². The SMILES string of the molecule is C#Cc1ccc(C2=NC(C)(C)C(C)(C)[NH+]2[O-])cc1C#C. The fraction of sp³-hybridized carbons (Fsp3) is 0.353. The first-order valence-corrected chi connectivity index (χ1v) is 6.47. The molecule has 1 aromatic rings. The Labute approximate surface area is 120 Å². The van der Waals surface area contributed by atoms with Crippen LogP contribution in [0, 0.1) is 29.9 Å². The van der Waals surface area contributed by atoms with Gasteiger partial charge in [0, 0.05) is 11.1 Å². The van der Waals surface area contributed by atoms with Gasteiger partial charge in [-0.15, -0.1) is 12.8 Å². The van der Waals surface area contributed by atoms with Crippen molar-refractivity contribution < 1.29 is 5.06 Å². The lowest BCUT2D eigenvalue weighted by Gasteiger charge is -2.38. The summed E-state index contributed by atoms with van der Waals surface area (Å²) in [4.78, 5) is 4.60. The molecule has 0 aromatic heterocycles. The Morgan fingerprint density at radius 2 is 1.70 bits per heavy atom. The van der Waals surface area contributed by atoms with Crippen LogP contribution in [0.15, 0.2) is 23.2 Å². The van der Waals surface area contributed by atoms with Gasteiger partial charge in [0.1, 0.15) is 11.1 Å². The zero-order valence-electron chi connectivity index (χ0n) is 12.2. The molecule has 1 aromatic carbocycles. The lowest BCUT2D eigenvalue weighted by atomic mass is 9.84. The highest BCUT2D eigenvalue weighted by atomic mass is 16.5. The van der Waals surface area contributed by atoms with E-state index < -0.39 is 11.1 Å². The monoisotopic (exact) mass is 266 g/mol. The van der Waals surface area contributed by atoms with Crippen molar-refractivity contribution in [2.45, 2.75) is 38.8 Å². The third-order valence-electron chi connectivity index (χ3n) is 4.31. The molecule has 1 atom stereocenters. The summed E-state index contributed by atoms with van der Waals surface area (Å²) in [5.41, 5.74) is 1.05. The number of hydrogen-bond acceptors (Lipinski definition) is 2. The highest BCUT2D eigenvalue weighted by Crippen LogP contribution is 2.28. The summed E-state index contributed by atoms with van der Waals surface area (Å²) in [5.74, 6) is 5.58. The smallest absolute Gasteiger partial charge is 0.229 e.